The molecule has 0 spiro atoms. The summed E-state index contributed by atoms with van der Waals surface area (Å²) in [5, 5.41) is 11.4. The Kier molecular flexibility index (Phi) is 5.68. The first-order valence-electron chi connectivity index (χ1n) is 9.47. The van der Waals surface area contributed by atoms with E-state index in [9.17, 15) is 19.1 Å². The van der Waals surface area contributed by atoms with Gasteiger partial charge in [0.1, 0.15) is 5.69 Å². The molecule has 1 aliphatic rings. The van der Waals surface area contributed by atoms with Crippen LogP contribution >= 0.6 is 0 Å². The molecule has 0 aliphatic carbocycles. The molecular weight excluding hydrogens is 416 g/mol. The molecule has 0 N–H and O–H groups in total. The first kappa shape index (κ1) is 20.5. The minimum atomic E-state index is -1.22. The Hall–Kier alpha value is -3.72. The van der Waals surface area contributed by atoms with Gasteiger partial charge in [-0.1, -0.05) is 18.7 Å². The van der Waals surface area contributed by atoms with Crippen LogP contribution in [-0.2, 0) is 23.8 Å². The van der Waals surface area contributed by atoms with Crippen molar-refractivity contribution in [1.82, 2.24) is 9.97 Å². The molecular formula is C22H18N4O4S. The van der Waals surface area contributed by atoms with Gasteiger partial charge in [0.15, 0.2) is 0 Å². The topological polar surface area (TPSA) is 106 Å². The van der Waals surface area contributed by atoms with Crippen molar-refractivity contribution in [3.8, 4) is 0 Å². The van der Waals surface area contributed by atoms with Gasteiger partial charge < -0.3 is 4.90 Å². The Morgan fingerprint density at radius 3 is 2.84 bits per heavy atom. The number of aryl methyl sites for hydroxylation is 1. The second-order valence-corrected chi connectivity index (χ2v) is 8.41. The summed E-state index contributed by atoms with van der Waals surface area (Å²) in [6.45, 7) is 3.58. The molecule has 3 heterocycles. The number of amides is 1. The molecule has 156 valence electrons. The molecule has 0 fully saturated rings. The van der Waals surface area contributed by atoms with E-state index in [-0.39, 0.29) is 23.8 Å². The molecule has 0 bridgehead atoms. The number of carbonyl (C=O) groups is 1. The number of carbonyl (C=O) groups excluding carboxylic acids is 1. The normalized spacial score (nSPS) is 14.6. The van der Waals surface area contributed by atoms with Crippen molar-refractivity contribution in [2.75, 3.05) is 10.7 Å². The number of pyridine rings is 2. The van der Waals surface area contributed by atoms with Crippen LogP contribution in [0.25, 0.3) is 6.08 Å². The Balaban J connectivity index is 1.82. The second-order valence-electron chi connectivity index (χ2n) is 6.91. The second kappa shape index (κ2) is 8.57. The van der Waals surface area contributed by atoms with Crippen molar-refractivity contribution < 1.29 is 13.9 Å². The van der Waals surface area contributed by atoms with Gasteiger partial charge in [0.05, 0.1) is 38.4 Å². The van der Waals surface area contributed by atoms with E-state index in [2.05, 4.69) is 16.5 Å². The highest BCUT2D eigenvalue weighted by Gasteiger charge is 2.28. The van der Waals surface area contributed by atoms with Gasteiger partial charge in [-0.25, -0.2) is 4.98 Å². The average molecular weight is 434 g/mol. The zero-order valence-electron chi connectivity index (χ0n) is 16.4. The Labute approximate surface area is 180 Å². The first-order valence-corrected chi connectivity index (χ1v) is 10.8. The molecule has 0 radical (unpaired) electrons. The lowest BCUT2D eigenvalue weighted by Gasteiger charge is -2.25. The number of benzene rings is 1. The van der Waals surface area contributed by atoms with Crippen LogP contribution in [0.4, 0.5) is 11.4 Å². The fraction of sp³-hybridized carbons (Fsp3) is 0.136. The maximum absolute atomic E-state index is 13.4. The van der Waals surface area contributed by atoms with Crippen LogP contribution in [0.1, 0.15) is 27.2 Å². The summed E-state index contributed by atoms with van der Waals surface area (Å²) in [5.41, 5.74) is 2.25. The van der Waals surface area contributed by atoms with Crippen molar-refractivity contribution in [3.63, 3.8) is 0 Å². The van der Waals surface area contributed by atoms with Crippen molar-refractivity contribution in [3.05, 3.63) is 94.1 Å². The van der Waals surface area contributed by atoms with E-state index < -0.39 is 15.7 Å². The van der Waals surface area contributed by atoms with E-state index in [1.54, 1.807) is 24.4 Å². The van der Waals surface area contributed by atoms with Crippen LogP contribution in [0.2, 0.25) is 0 Å². The summed E-state index contributed by atoms with van der Waals surface area (Å²) in [4.78, 5) is 34.6. The van der Waals surface area contributed by atoms with E-state index in [0.29, 0.717) is 33.9 Å². The highest BCUT2D eigenvalue weighted by Crippen LogP contribution is 2.34. The van der Waals surface area contributed by atoms with E-state index in [0.717, 1.165) is 5.56 Å². The lowest BCUT2D eigenvalue weighted by atomic mass is 10.1. The third-order valence-corrected chi connectivity index (χ3v) is 6.49. The zero-order valence-corrected chi connectivity index (χ0v) is 17.2. The molecule has 8 nitrogen and oxygen atoms in total. The van der Waals surface area contributed by atoms with Crippen molar-refractivity contribution in [1.29, 1.82) is 0 Å². The summed E-state index contributed by atoms with van der Waals surface area (Å²) < 4.78 is 12.7. The highest BCUT2D eigenvalue weighted by atomic mass is 32.2. The lowest BCUT2D eigenvalue weighted by Crippen LogP contribution is -2.31. The van der Waals surface area contributed by atoms with Crippen molar-refractivity contribution in [2.24, 2.45) is 0 Å². The Bertz CT molecular complexity index is 1210. The molecule has 1 amide bonds. The standard InChI is InChI=1S/C22H18N4O4S/c1-2-18-20(26(28)29)11-15(12-24-18)14-25(22(27)17-6-4-9-23-13-17)19-7-3-5-16-8-10-31(30)21(16)19/h2-7,9,11-13H,1,8,10,14H2. The molecule has 4 rings (SSSR count). The molecule has 3 aromatic rings. The summed E-state index contributed by atoms with van der Waals surface area (Å²) in [6, 6.07) is 10.2. The number of nitrogens with zero attached hydrogens (tertiary/aromatic N) is 4. The highest BCUT2D eigenvalue weighted by molar-refractivity contribution is 7.85. The average Bonchev–Trinajstić information content (AvgIpc) is 3.18. The van der Waals surface area contributed by atoms with E-state index in [4.69, 9.17) is 0 Å². The van der Waals surface area contributed by atoms with Crippen LogP contribution < -0.4 is 4.90 Å². The Morgan fingerprint density at radius 1 is 1.29 bits per heavy atom. The van der Waals surface area contributed by atoms with Gasteiger partial charge in [0.2, 0.25) is 0 Å². The van der Waals surface area contributed by atoms with Crippen LogP contribution in [0.15, 0.2) is 66.5 Å². The molecule has 1 atom stereocenters. The summed E-state index contributed by atoms with van der Waals surface area (Å²) >= 11 is 0. The summed E-state index contributed by atoms with van der Waals surface area (Å²) in [6.07, 6.45) is 6.49. The zero-order chi connectivity index (χ0) is 22.0. The maximum atomic E-state index is 13.4. The quantitative estimate of drug-likeness (QED) is 0.434. The van der Waals surface area contributed by atoms with Crippen LogP contribution in [0.3, 0.4) is 0 Å². The number of nitro groups is 1. The summed E-state index contributed by atoms with van der Waals surface area (Å²) in [5.74, 6) is 0.156. The van der Waals surface area contributed by atoms with Gasteiger partial charge in [0.25, 0.3) is 11.6 Å². The van der Waals surface area contributed by atoms with Crippen molar-refractivity contribution in [2.45, 2.75) is 17.9 Å². The predicted molar refractivity (Wildman–Crippen MR) is 117 cm³/mol. The minimum absolute atomic E-state index is 0.0205. The number of rotatable bonds is 6. The van der Waals surface area contributed by atoms with Gasteiger partial charge in [-0.2, -0.15) is 0 Å². The van der Waals surface area contributed by atoms with Gasteiger partial charge in [-0.3, -0.25) is 24.1 Å². The molecule has 1 unspecified atom stereocenters. The first-order chi connectivity index (χ1) is 15.0. The van der Waals surface area contributed by atoms with Crippen molar-refractivity contribution >= 4 is 34.2 Å². The fourth-order valence-electron chi connectivity index (χ4n) is 3.54. The third kappa shape index (κ3) is 3.99. The van der Waals surface area contributed by atoms with Crippen LogP contribution in [0.5, 0.6) is 0 Å². The van der Waals surface area contributed by atoms with E-state index in [1.807, 2.05) is 12.1 Å². The van der Waals surface area contributed by atoms with Crippen LogP contribution in [-0.4, -0.2) is 30.8 Å². The van der Waals surface area contributed by atoms with Gasteiger partial charge in [0, 0.05) is 30.4 Å². The smallest absolute Gasteiger partial charge is 0.295 e. The fourth-order valence-corrected chi connectivity index (χ4v) is 5.02. The van der Waals surface area contributed by atoms with E-state index >= 15 is 0 Å². The minimum Gasteiger partial charge on any atom is -0.303 e. The molecule has 9 heteroatoms. The maximum Gasteiger partial charge on any atom is 0.295 e. The number of hydrogen-bond acceptors (Lipinski definition) is 6. The molecule has 31 heavy (non-hydrogen) atoms. The van der Waals surface area contributed by atoms with Gasteiger partial charge in [-0.05, 0) is 41.8 Å². The molecule has 2 aromatic heterocycles. The third-order valence-electron chi connectivity index (χ3n) is 4.99. The number of aromatic nitrogens is 2. The monoisotopic (exact) mass is 434 g/mol. The summed E-state index contributed by atoms with van der Waals surface area (Å²) in [7, 11) is -1.22. The number of anilines is 1. The SMILES string of the molecule is C=Cc1ncc(CN(C(=O)c2cccnc2)c2cccc3c2S(=O)CC3)cc1[N+](=O)[O-]. The predicted octanol–water partition coefficient (Wildman–Crippen LogP) is 3.54. The van der Waals surface area contributed by atoms with Crippen LogP contribution in [0, 0.1) is 10.1 Å². The number of hydrogen-bond donors (Lipinski definition) is 0. The largest absolute Gasteiger partial charge is 0.303 e. The molecule has 1 aliphatic heterocycles. The van der Waals surface area contributed by atoms with E-state index in [1.165, 1.54) is 29.4 Å². The Morgan fingerprint density at radius 2 is 2.13 bits per heavy atom. The molecule has 0 saturated carbocycles. The molecule has 1 aromatic carbocycles. The van der Waals surface area contributed by atoms with Gasteiger partial charge in [-0.15, -0.1) is 0 Å². The van der Waals surface area contributed by atoms with Gasteiger partial charge >= 0.3 is 0 Å². The molecule has 0 saturated heterocycles. The number of fused-ring (bicyclic) bond motifs is 1. The lowest BCUT2D eigenvalue weighted by molar-refractivity contribution is -0.385.